The van der Waals surface area contributed by atoms with Crippen molar-refractivity contribution in [3.63, 3.8) is 0 Å². The van der Waals surface area contributed by atoms with Crippen LogP contribution in [0.15, 0.2) is 42.5 Å². The number of non-ortho nitro benzene ring substituents is 1. The number of nitrogens with zero attached hydrogens (tertiary/aromatic N) is 1. The van der Waals surface area contributed by atoms with Gasteiger partial charge >= 0.3 is 0 Å². The Hall–Kier alpha value is -2.69. The zero-order valence-electron chi connectivity index (χ0n) is 12.2. The van der Waals surface area contributed by atoms with E-state index in [1.807, 2.05) is 6.07 Å². The molecule has 0 saturated carbocycles. The molecule has 110 valence electrons. The molecule has 0 saturated heterocycles. The molecule has 21 heavy (non-hydrogen) atoms. The lowest BCUT2D eigenvalue weighted by molar-refractivity contribution is -0.384. The van der Waals surface area contributed by atoms with Crippen molar-refractivity contribution in [3.8, 4) is 11.1 Å². The topological polar surface area (TPSA) is 69.4 Å². The van der Waals surface area contributed by atoms with Gasteiger partial charge in [0.15, 0.2) is 0 Å². The van der Waals surface area contributed by atoms with Crippen LogP contribution < -0.4 is 0 Å². The van der Waals surface area contributed by atoms with E-state index in [1.165, 1.54) is 30.4 Å². The summed E-state index contributed by atoms with van der Waals surface area (Å²) in [5.74, 6) is 0. The standard InChI is InChI=1S/C14H13NO2.C2H4O2/c1-10-3-4-13(9-11(10)2)12-5-7-14(8-6-12)15(16)17;1-4-2-3/h3-9H,1-2H3;2H,1H3. The van der Waals surface area contributed by atoms with Crippen molar-refractivity contribution in [2.75, 3.05) is 7.11 Å². The minimum Gasteiger partial charge on any atom is -0.471 e. The first kappa shape index (κ1) is 16.4. The van der Waals surface area contributed by atoms with Crippen molar-refractivity contribution in [2.24, 2.45) is 0 Å². The molecular weight excluding hydrogens is 270 g/mol. The van der Waals surface area contributed by atoms with E-state index >= 15 is 0 Å². The largest absolute Gasteiger partial charge is 0.471 e. The number of nitro benzene ring substituents is 1. The van der Waals surface area contributed by atoms with E-state index in [2.05, 4.69) is 30.7 Å². The Morgan fingerprint density at radius 2 is 1.52 bits per heavy atom. The summed E-state index contributed by atoms with van der Waals surface area (Å²) >= 11 is 0. The summed E-state index contributed by atoms with van der Waals surface area (Å²) in [6, 6.07) is 12.8. The number of hydrogen-bond acceptors (Lipinski definition) is 4. The van der Waals surface area contributed by atoms with Crippen LogP contribution in [0.2, 0.25) is 0 Å². The van der Waals surface area contributed by atoms with E-state index < -0.39 is 0 Å². The minimum absolute atomic E-state index is 0.123. The number of carbonyl (C=O) groups is 1. The van der Waals surface area contributed by atoms with Gasteiger partial charge in [0.25, 0.3) is 12.2 Å². The Morgan fingerprint density at radius 3 is 1.95 bits per heavy atom. The first-order valence-electron chi connectivity index (χ1n) is 6.28. The Labute approximate surface area is 123 Å². The van der Waals surface area contributed by atoms with Crippen LogP contribution in [0.25, 0.3) is 11.1 Å². The number of methoxy groups -OCH3 is 1. The SMILES string of the molecule is COC=O.Cc1ccc(-c2ccc([N+](=O)[O-])cc2)cc1C. The summed E-state index contributed by atoms with van der Waals surface area (Å²) < 4.78 is 3.86. The van der Waals surface area contributed by atoms with Crippen LogP contribution in [0.5, 0.6) is 0 Å². The third kappa shape index (κ3) is 4.72. The second-order valence-corrected chi connectivity index (χ2v) is 4.43. The molecule has 0 amide bonds. The van der Waals surface area contributed by atoms with Crippen LogP contribution in [-0.2, 0) is 9.53 Å². The Balaban J connectivity index is 0.000000491. The molecule has 0 aliphatic heterocycles. The number of nitro groups is 1. The van der Waals surface area contributed by atoms with E-state index in [-0.39, 0.29) is 10.6 Å². The highest BCUT2D eigenvalue weighted by Gasteiger charge is 2.05. The summed E-state index contributed by atoms with van der Waals surface area (Å²) in [7, 11) is 1.31. The van der Waals surface area contributed by atoms with Crippen LogP contribution in [0, 0.1) is 24.0 Å². The molecule has 0 N–H and O–H groups in total. The van der Waals surface area contributed by atoms with Crippen molar-refractivity contribution < 1.29 is 14.5 Å². The predicted molar refractivity (Wildman–Crippen MR) is 81.1 cm³/mol. The fourth-order valence-corrected chi connectivity index (χ4v) is 1.70. The molecule has 2 aromatic rings. The van der Waals surface area contributed by atoms with Crippen molar-refractivity contribution in [1.82, 2.24) is 0 Å². The third-order valence-electron chi connectivity index (χ3n) is 3.01. The van der Waals surface area contributed by atoms with Gasteiger partial charge in [-0.05, 0) is 48.2 Å². The number of aryl methyl sites for hydroxylation is 2. The molecule has 0 radical (unpaired) electrons. The lowest BCUT2D eigenvalue weighted by Gasteiger charge is -2.05. The molecule has 5 nitrogen and oxygen atoms in total. The van der Waals surface area contributed by atoms with E-state index in [4.69, 9.17) is 4.79 Å². The number of benzene rings is 2. The fourth-order valence-electron chi connectivity index (χ4n) is 1.70. The quantitative estimate of drug-likeness (QED) is 0.490. The van der Waals surface area contributed by atoms with Gasteiger partial charge in [-0.25, -0.2) is 0 Å². The molecule has 0 aliphatic carbocycles. The molecular formula is C16H17NO4. The van der Waals surface area contributed by atoms with Gasteiger partial charge in [0.2, 0.25) is 0 Å². The number of hydrogen-bond donors (Lipinski definition) is 0. The average molecular weight is 287 g/mol. The van der Waals surface area contributed by atoms with Gasteiger partial charge in [0.1, 0.15) is 0 Å². The van der Waals surface area contributed by atoms with Crippen molar-refractivity contribution in [3.05, 3.63) is 63.7 Å². The lowest BCUT2D eigenvalue weighted by Crippen LogP contribution is -1.88. The van der Waals surface area contributed by atoms with E-state index in [9.17, 15) is 10.1 Å². The van der Waals surface area contributed by atoms with Crippen LogP contribution in [0.3, 0.4) is 0 Å². The molecule has 0 aromatic heterocycles. The molecule has 0 bridgehead atoms. The minimum atomic E-state index is -0.385. The lowest BCUT2D eigenvalue weighted by atomic mass is 10.0. The molecule has 0 atom stereocenters. The summed E-state index contributed by atoms with van der Waals surface area (Å²) in [6.07, 6.45) is 0. The van der Waals surface area contributed by atoms with Crippen LogP contribution in [0.1, 0.15) is 11.1 Å². The van der Waals surface area contributed by atoms with Crippen molar-refractivity contribution in [1.29, 1.82) is 0 Å². The monoisotopic (exact) mass is 287 g/mol. The summed E-state index contributed by atoms with van der Waals surface area (Å²) in [6.45, 7) is 4.50. The first-order valence-corrected chi connectivity index (χ1v) is 6.28. The normalized spacial score (nSPS) is 9.29. The maximum Gasteiger partial charge on any atom is 0.292 e. The maximum atomic E-state index is 10.6. The first-order chi connectivity index (χ1) is 9.99. The molecule has 0 aliphatic rings. The van der Waals surface area contributed by atoms with Gasteiger partial charge in [0.05, 0.1) is 12.0 Å². The highest BCUT2D eigenvalue weighted by atomic mass is 16.6. The number of carbonyl (C=O) groups excluding carboxylic acids is 1. The van der Waals surface area contributed by atoms with Gasteiger partial charge in [-0.2, -0.15) is 0 Å². The van der Waals surface area contributed by atoms with Crippen molar-refractivity contribution in [2.45, 2.75) is 13.8 Å². The van der Waals surface area contributed by atoms with Crippen LogP contribution >= 0.6 is 0 Å². The van der Waals surface area contributed by atoms with Gasteiger partial charge in [-0.1, -0.05) is 18.2 Å². The van der Waals surface area contributed by atoms with Crippen LogP contribution in [0.4, 0.5) is 5.69 Å². The molecule has 0 heterocycles. The predicted octanol–water partition coefficient (Wildman–Crippen LogP) is 3.67. The Kier molecular flexibility index (Phi) is 6.07. The molecule has 0 spiro atoms. The smallest absolute Gasteiger partial charge is 0.292 e. The summed E-state index contributed by atoms with van der Waals surface area (Å²) in [5, 5.41) is 10.6. The number of rotatable bonds is 3. The molecule has 2 rings (SSSR count). The second kappa shape index (κ2) is 7.79. The average Bonchev–Trinajstić information content (AvgIpc) is 2.50. The van der Waals surface area contributed by atoms with Crippen LogP contribution in [-0.4, -0.2) is 18.5 Å². The molecule has 2 aromatic carbocycles. The molecule has 0 unspecified atom stereocenters. The van der Waals surface area contributed by atoms with Gasteiger partial charge in [-0.3, -0.25) is 14.9 Å². The van der Waals surface area contributed by atoms with E-state index in [1.54, 1.807) is 12.1 Å². The zero-order chi connectivity index (χ0) is 15.8. The summed E-state index contributed by atoms with van der Waals surface area (Å²) in [4.78, 5) is 19.1. The highest BCUT2D eigenvalue weighted by molar-refractivity contribution is 5.66. The van der Waals surface area contributed by atoms with Gasteiger partial charge in [0, 0.05) is 12.1 Å². The Morgan fingerprint density at radius 1 is 1.00 bits per heavy atom. The van der Waals surface area contributed by atoms with Gasteiger partial charge < -0.3 is 4.74 Å². The van der Waals surface area contributed by atoms with Crippen molar-refractivity contribution >= 4 is 12.2 Å². The van der Waals surface area contributed by atoms with E-state index in [0.29, 0.717) is 6.47 Å². The highest BCUT2D eigenvalue weighted by Crippen LogP contribution is 2.24. The zero-order valence-corrected chi connectivity index (χ0v) is 12.2. The van der Waals surface area contributed by atoms with E-state index in [0.717, 1.165) is 11.1 Å². The number of ether oxygens (including phenoxy) is 1. The maximum absolute atomic E-state index is 10.6. The molecule has 5 heteroatoms. The Bertz CT molecular complexity index is 621. The fraction of sp³-hybridized carbons (Fsp3) is 0.188. The second-order valence-electron chi connectivity index (χ2n) is 4.43. The summed E-state index contributed by atoms with van der Waals surface area (Å²) in [5.41, 5.74) is 4.68. The van der Waals surface area contributed by atoms with Gasteiger partial charge in [-0.15, -0.1) is 0 Å². The third-order valence-corrected chi connectivity index (χ3v) is 3.01. The molecule has 0 fully saturated rings.